The summed E-state index contributed by atoms with van der Waals surface area (Å²) in [5, 5.41) is 3.21. The van der Waals surface area contributed by atoms with Gasteiger partial charge in [-0.25, -0.2) is 21.8 Å². The largest absolute Gasteiger partial charge is 0.308 e. The van der Waals surface area contributed by atoms with Gasteiger partial charge in [-0.3, -0.25) is 0 Å². The van der Waals surface area contributed by atoms with Crippen molar-refractivity contribution in [3.8, 4) is 0 Å². The van der Waals surface area contributed by atoms with E-state index in [1.54, 1.807) is 30.3 Å². The zero-order valence-corrected chi connectivity index (χ0v) is 20.5. The first-order valence-electron chi connectivity index (χ1n) is 11.0. The van der Waals surface area contributed by atoms with Crippen molar-refractivity contribution in [3.05, 3.63) is 78.0 Å². The first kappa shape index (κ1) is 23.6. The fourth-order valence-corrected chi connectivity index (χ4v) is 7.19. The number of rotatable bonds is 8. The van der Waals surface area contributed by atoms with E-state index < -0.39 is 19.7 Å². The second-order valence-corrected chi connectivity index (χ2v) is 12.6. The minimum atomic E-state index is -4.12. The molecule has 0 unspecified atom stereocenters. The standard InChI is InChI=1S/C25H28N2O4S2/c1-17(2)27-18(3)19-9-12-22(13-10-19)32(28,29)23-14-11-21(20-7-8-20)16-24(23)33(30,31)25-6-4-5-15-26-25/h4-6,9-18,20,27H,7-8H2,1-3H3/t18-/m0/s1. The number of nitrogens with zero attached hydrogens (tertiary/aromatic N) is 1. The molecule has 2 aromatic carbocycles. The number of nitrogens with one attached hydrogen (secondary N) is 1. The molecule has 33 heavy (non-hydrogen) atoms. The summed E-state index contributed by atoms with van der Waals surface area (Å²) >= 11 is 0. The van der Waals surface area contributed by atoms with Crippen LogP contribution >= 0.6 is 0 Å². The van der Waals surface area contributed by atoms with Crippen LogP contribution in [0.3, 0.4) is 0 Å². The van der Waals surface area contributed by atoms with Crippen molar-refractivity contribution < 1.29 is 16.8 Å². The highest BCUT2D eigenvalue weighted by atomic mass is 32.2. The fourth-order valence-electron chi connectivity index (χ4n) is 3.90. The van der Waals surface area contributed by atoms with Crippen LogP contribution in [-0.4, -0.2) is 27.9 Å². The van der Waals surface area contributed by atoms with E-state index in [1.807, 2.05) is 20.8 Å². The second kappa shape index (κ2) is 9.00. The van der Waals surface area contributed by atoms with Gasteiger partial charge in [0.2, 0.25) is 19.7 Å². The molecule has 4 rings (SSSR count). The van der Waals surface area contributed by atoms with E-state index >= 15 is 0 Å². The van der Waals surface area contributed by atoms with Crippen LogP contribution in [0.1, 0.15) is 56.7 Å². The molecular weight excluding hydrogens is 456 g/mol. The van der Waals surface area contributed by atoms with Gasteiger partial charge in [-0.1, -0.05) is 38.1 Å². The smallest absolute Gasteiger partial charge is 0.225 e. The van der Waals surface area contributed by atoms with E-state index in [1.165, 1.54) is 36.5 Å². The lowest BCUT2D eigenvalue weighted by molar-refractivity contribution is 0.506. The van der Waals surface area contributed by atoms with E-state index in [0.717, 1.165) is 24.0 Å². The molecule has 1 aromatic heterocycles. The summed E-state index contributed by atoms with van der Waals surface area (Å²) < 4.78 is 54.1. The van der Waals surface area contributed by atoms with Gasteiger partial charge in [0.15, 0.2) is 5.03 Å². The van der Waals surface area contributed by atoms with Crippen molar-refractivity contribution in [2.24, 2.45) is 0 Å². The molecule has 1 heterocycles. The maximum Gasteiger partial charge on any atom is 0.225 e. The Labute approximate surface area is 195 Å². The monoisotopic (exact) mass is 484 g/mol. The van der Waals surface area contributed by atoms with Crippen molar-refractivity contribution in [3.63, 3.8) is 0 Å². The summed E-state index contributed by atoms with van der Waals surface area (Å²) in [6.07, 6.45) is 3.33. The molecule has 1 aliphatic rings. The van der Waals surface area contributed by atoms with E-state index in [2.05, 4.69) is 10.3 Å². The average Bonchev–Trinajstić information content (AvgIpc) is 3.64. The lowest BCUT2D eigenvalue weighted by Gasteiger charge is -2.18. The van der Waals surface area contributed by atoms with E-state index in [-0.39, 0.29) is 37.7 Å². The predicted octanol–water partition coefficient (Wildman–Crippen LogP) is 4.68. The number of pyridine rings is 1. The molecular formula is C25H28N2O4S2. The molecule has 1 aliphatic carbocycles. The molecule has 0 saturated heterocycles. The Balaban J connectivity index is 1.80. The fraction of sp³-hybridized carbons (Fsp3) is 0.320. The molecule has 0 radical (unpaired) electrons. The first-order valence-corrected chi connectivity index (χ1v) is 14.0. The summed E-state index contributed by atoms with van der Waals surface area (Å²) in [5.41, 5.74) is 1.79. The highest BCUT2D eigenvalue weighted by Crippen LogP contribution is 2.42. The quantitative estimate of drug-likeness (QED) is 0.499. The van der Waals surface area contributed by atoms with Crippen LogP contribution in [0.2, 0.25) is 0 Å². The number of aromatic nitrogens is 1. The van der Waals surface area contributed by atoms with Gasteiger partial charge in [0.05, 0.1) is 14.7 Å². The van der Waals surface area contributed by atoms with Gasteiger partial charge >= 0.3 is 0 Å². The zero-order valence-electron chi connectivity index (χ0n) is 18.9. The topological polar surface area (TPSA) is 93.2 Å². The normalized spacial score (nSPS) is 15.5. The molecule has 1 atom stereocenters. The highest BCUT2D eigenvalue weighted by molar-refractivity contribution is 7.94. The maximum absolute atomic E-state index is 13.6. The highest BCUT2D eigenvalue weighted by Gasteiger charge is 2.33. The van der Waals surface area contributed by atoms with Gasteiger partial charge in [0.1, 0.15) is 0 Å². The molecule has 174 valence electrons. The molecule has 3 aromatic rings. The van der Waals surface area contributed by atoms with Crippen LogP contribution in [0.5, 0.6) is 0 Å². The number of benzene rings is 2. The average molecular weight is 485 g/mol. The van der Waals surface area contributed by atoms with Crippen molar-refractivity contribution >= 4 is 19.7 Å². The van der Waals surface area contributed by atoms with Crippen molar-refractivity contribution in [2.75, 3.05) is 0 Å². The van der Waals surface area contributed by atoms with Gasteiger partial charge in [-0.05, 0) is 73.2 Å². The zero-order chi connectivity index (χ0) is 23.8. The summed E-state index contributed by atoms with van der Waals surface area (Å²) in [6.45, 7) is 6.10. The molecule has 1 fully saturated rings. The van der Waals surface area contributed by atoms with Crippen LogP contribution in [0.4, 0.5) is 0 Å². The molecule has 0 amide bonds. The van der Waals surface area contributed by atoms with Gasteiger partial charge in [0.25, 0.3) is 0 Å². The van der Waals surface area contributed by atoms with Gasteiger partial charge in [0, 0.05) is 18.3 Å². The second-order valence-electron chi connectivity index (χ2n) is 8.77. The Morgan fingerprint density at radius 1 is 0.848 bits per heavy atom. The number of sulfone groups is 2. The van der Waals surface area contributed by atoms with Crippen molar-refractivity contribution in [2.45, 2.75) is 71.3 Å². The molecule has 0 bridgehead atoms. The minimum Gasteiger partial charge on any atom is -0.308 e. The summed E-state index contributed by atoms with van der Waals surface area (Å²) in [5.74, 6) is 0.272. The summed E-state index contributed by atoms with van der Waals surface area (Å²) in [6, 6.07) is 16.2. The predicted molar refractivity (Wildman–Crippen MR) is 127 cm³/mol. The van der Waals surface area contributed by atoms with Crippen LogP contribution in [0.15, 0.2) is 86.6 Å². The summed E-state index contributed by atoms with van der Waals surface area (Å²) in [7, 11) is -8.20. The maximum atomic E-state index is 13.6. The Morgan fingerprint density at radius 3 is 2.12 bits per heavy atom. The van der Waals surface area contributed by atoms with Gasteiger partial charge in [-0.2, -0.15) is 0 Å². The van der Waals surface area contributed by atoms with Gasteiger partial charge in [-0.15, -0.1) is 0 Å². The Bertz CT molecular complexity index is 1350. The molecule has 1 N–H and O–H groups in total. The van der Waals surface area contributed by atoms with Crippen molar-refractivity contribution in [1.82, 2.24) is 10.3 Å². The molecule has 6 nitrogen and oxygen atoms in total. The molecule has 0 spiro atoms. The summed E-state index contributed by atoms with van der Waals surface area (Å²) in [4.78, 5) is 3.59. The first-order chi connectivity index (χ1) is 15.6. The van der Waals surface area contributed by atoms with E-state index in [9.17, 15) is 16.8 Å². The lowest BCUT2D eigenvalue weighted by atomic mass is 10.1. The van der Waals surface area contributed by atoms with E-state index in [4.69, 9.17) is 0 Å². The number of hydrogen-bond donors (Lipinski definition) is 1. The van der Waals surface area contributed by atoms with Crippen LogP contribution in [-0.2, 0) is 19.7 Å². The third kappa shape index (κ3) is 4.88. The Kier molecular flexibility index (Phi) is 6.44. The Morgan fingerprint density at radius 2 is 1.55 bits per heavy atom. The third-order valence-electron chi connectivity index (χ3n) is 5.78. The van der Waals surface area contributed by atoms with Crippen LogP contribution in [0.25, 0.3) is 0 Å². The minimum absolute atomic E-state index is 0.0552. The lowest BCUT2D eigenvalue weighted by Crippen LogP contribution is -2.26. The van der Waals surface area contributed by atoms with Crippen molar-refractivity contribution in [1.29, 1.82) is 0 Å². The Hall–Kier alpha value is -2.55. The van der Waals surface area contributed by atoms with Crippen LogP contribution < -0.4 is 5.32 Å². The van der Waals surface area contributed by atoms with Gasteiger partial charge < -0.3 is 5.32 Å². The number of hydrogen-bond acceptors (Lipinski definition) is 6. The molecule has 0 aliphatic heterocycles. The SMILES string of the molecule is CC(C)N[C@@H](C)c1ccc(S(=O)(=O)c2ccc(C3CC3)cc2S(=O)(=O)c2ccccn2)cc1. The third-order valence-corrected chi connectivity index (χ3v) is 9.45. The van der Waals surface area contributed by atoms with Crippen LogP contribution in [0, 0.1) is 0 Å². The molecule has 1 saturated carbocycles. The van der Waals surface area contributed by atoms with E-state index in [0.29, 0.717) is 0 Å². The molecule has 8 heteroatoms.